The second-order valence-electron chi connectivity index (χ2n) is 6.36. The highest BCUT2D eigenvalue weighted by atomic mass is 32.2. The average molecular weight is 385 g/mol. The number of hydrogen-bond donors (Lipinski definition) is 1. The van der Waals surface area contributed by atoms with E-state index in [1.54, 1.807) is 4.90 Å². The number of hydrogen-bond acceptors (Lipinski definition) is 4. The quantitative estimate of drug-likeness (QED) is 0.706. The van der Waals surface area contributed by atoms with Crippen molar-refractivity contribution in [2.75, 3.05) is 23.8 Å². The van der Waals surface area contributed by atoms with Crippen LogP contribution in [0.15, 0.2) is 53.4 Å². The molecule has 0 aromatic heterocycles. The maximum atomic E-state index is 12.4. The van der Waals surface area contributed by atoms with E-state index >= 15 is 0 Å². The number of anilines is 1. The summed E-state index contributed by atoms with van der Waals surface area (Å²) in [7, 11) is 0. The van der Waals surface area contributed by atoms with Crippen LogP contribution in [-0.4, -0.2) is 30.7 Å². The molecule has 1 aliphatic heterocycles. The molecule has 0 saturated carbocycles. The van der Waals surface area contributed by atoms with Gasteiger partial charge in [0, 0.05) is 11.4 Å². The Morgan fingerprint density at radius 3 is 2.93 bits per heavy atom. The van der Waals surface area contributed by atoms with Crippen LogP contribution in [0.5, 0.6) is 5.75 Å². The second kappa shape index (κ2) is 9.46. The molecule has 6 heteroatoms. The minimum absolute atomic E-state index is 0.0309. The van der Waals surface area contributed by atoms with Gasteiger partial charge < -0.3 is 15.0 Å². The summed E-state index contributed by atoms with van der Waals surface area (Å²) in [6, 6.07) is 15.4. The van der Waals surface area contributed by atoms with Gasteiger partial charge in [0.2, 0.25) is 11.8 Å². The van der Waals surface area contributed by atoms with Crippen molar-refractivity contribution >= 4 is 29.3 Å². The van der Waals surface area contributed by atoms with Crippen molar-refractivity contribution < 1.29 is 14.3 Å². The zero-order valence-corrected chi connectivity index (χ0v) is 16.3. The largest absolute Gasteiger partial charge is 0.494 e. The molecule has 0 aliphatic carbocycles. The number of ether oxygens (including phenoxy) is 1. The molecule has 27 heavy (non-hydrogen) atoms. The van der Waals surface area contributed by atoms with Crippen molar-refractivity contribution in [1.82, 2.24) is 5.32 Å². The molecular weight excluding hydrogens is 360 g/mol. The molecule has 1 aliphatic rings. The summed E-state index contributed by atoms with van der Waals surface area (Å²) in [5.74, 6) is 0.955. The highest BCUT2D eigenvalue weighted by molar-refractivity contribution is 8.00. The number of unbranched alkanes of at least 4 members (excludes halogenated alkanes) is 1. The van der Waals surface area contributed by atoms with Crippen LogP contribution < -0.4 is 15.0 Å². The fourth-order valence-electron chi connectivity index (χ4n) is 2.81. The van der Waals surface area contributed by atoms with Crippen LogP contribution in [-0.2, 0) is 16.1 Å². The van der Waals surface area contributed by atoms with Gasteiger partial charge in [0.1, 0.15) is 12.3 Å². The molecule has 0 radical (unpaired) electrons. The van der Waals surface area contributed by atoms with E-state index in [0.717, 1.165) is 34.7 Å². The van der Waals surface area contributed by atoms with E-state index < -0.39 is 0 Å². The molecule has 0 saturated heterocycles. The number of rotatable bonds is 8. The molecule has 0 bridgehead atoms. The Balaban J connectivity index is 1.56. The third-order valence-corrected chi connectivity index (χ3v) is 5.31. The minimum Gasteiger partial charge on any atom is -0.494 e. The summed E-state index contributed by atoms with van der Waals surface area (Å²) in [5.41, 5.74) is 1.78. The zero-order valence-electron chi connectivity index (χ0n) is 15.4. The lowest BCUT2D eigenvalue weighted by molar-refractivity contribution is -0.123. The van der Waals surface area contributed by atoms with Crippen LogP contribution in [0.4, 0.5) is 5.69 Å². The third kappa shape index (κ3) is 5.26. The van der Waals surface area contributed by atoms with Crippen molar-refractivity contribution in [1.29, 1.82) is 0 Å². The first kappa shape index (κ1) is 19.3. The number of fused-ring (bicyclic) bond motifs is 1. The first-order valence-electron chi connectivity index (χ1n) is 9.18. The Morgan fingerprint density at radius 1 is 1.22 bits per heavy atom. The number of benzene rings is 2. The van der Waals surface area contributed by atoms with Gasteiger partial charge in [-0.3, -0.25) is 9.59 Å². The summed E-state index contributed by atoms with van der Waals surface area (Å²) < 4.78 is 5.70. The Labute approximate surface area is 164 Å². The number of para-hydroxylation sites is 1. The summed E-state index contributed by atoms with van der Waals surface area (Å²) in [4.78, 5) is 27.2. The highest BCUT2D eigenvalue weighted by Crippen LogP contribution is 2.34. The van der Waals surface area contributed by atoms with Gasteiger partial charge in [0.25, 0.3) is 0 Å². The molecule has 0 unspecified atom stereocenters. The number of carbonyl (C=O) groups excluding carboxylic acids is 2. The molecule has 2 amide bonds. The van der Waals surface area contributed by atoms with Crippen LogP contribution in [0, 0.1) is 0 Å². The molecule has 0 fully saturated rings. The van der Waals surface area contributed by atoms with Gasteiger partial charge in [-0.15, -0.1) is 11.8 Å². The number of carbonyl (C=O) groups is 2. The van der Waals surface area contributed by atoms with E-state index in [9.17, 15) is 9.59 Å². The van der Waals surface area contributed by atoms with Crippen molar-refractivity contribution in [2.24, 2.45) is 0 Å². The van der Waals surface area contributed by atoms with Crippen LogP contribution in [0.25, 0.3) is 0 Å². The van der Waals surface area contributed by atoms with Gasteiger partial charge in [-0.25, -0.2) is 0 Å². The zero-order chi connectivity index (χ0) is 19.1. The van der Waals surface area contributed by atoms with E-state index in [2.05, 4.69) is 12.2 Å². The molecule has 142 valence electrons. The summed E-state index contributed by atoms with van der Waals surface area (Å²) in [5, 5.41) is 2.90. The Morgan fingerprint density at radius 2 is 2.07 bits per heavy atom. The highest BCUT2D eigenvalue weighted by Gasteiger charge is 2.26. The lowest BCUT2D eigenvalue weighted by Gasteiger charge is -2.28. The molecule has 5 nitrogen and oxygen atoms in total. The van der Waals surface area contributed by atoms with Gasteiger partial charge in [-0.1, -0.05) is 37.6 Å². The maximum absolute atomic E-state index is 12.4. The standard InChI is InChI=1S/C21H24N2O3S/c1-2-3-11-26-17-8-6-7-16(12-17)13-22-20(24)14-23-18-9-4-5-10-19(18)27-15-21(23)25/h4-10,12H,2-3,11,13-15H2,1H3,(H,22,24). The smallest absolute Gasteiger partial charge is 0.240 e. The Hall–Kier alpha value is -2.47. The predicted molar refractivity (Wildman–Crippen MR) is 108 cm³/mol. The fourth-order valence-corrected chi connectivity index (χ4v) is 3.74. The number of nitrogens with one attached hydrogen (secondary N) is 1. The van der Waals surface area contributed by atoms with Crippen molar-refractivity contribution in [3.05, 3.63) is 54.1 Å². The van der Waals surface area contributed by atoms with Gasteiger partial charge >= 0.3 is 0 Å². The number of nitrogens with zero attached hydrogens (tertiary/aromatic N) is 1. The number of amides is 2. The van der Waals surface area contributed by atoms with E-state index in [-0.39, 0.29) is 18.4 Å². The van der Waals surface area contributed by atoms with Crippen LogP contribution >= 0.6 is 11.8 Å². The molecule has 1 N–H and O–H groups in total. The molecule has 1 heterocycles. The summed E-state index contributed by atoms with van der Waals surface area (Å²) in [6.07, 6.45) is 2.11. The van der Waals surface area contributed by atoms with E-state index in [1.807, 2.05) is 48.5 Å². The molecule has 0 atom stereocenters. The van der Waals surface area contributed by atoms with E-state index in [0.29, 0.717) is 18.9 Å². The molecule has 2 aromatic carbocycles. The van der Waals surface area contributed by atoms with Crippen LogP contribution in [0.2, 0.25) is 0 Å². The van der Waals surface area contributed by atoms with Crippen molar-refractivity contribution in [3.8, 4) is 5.75 Å². The van der Waals surface area contributed by atoms with Gasteiger partial charge in [-0.2, -0.15) is 0 Å². The SMILES string of the molecule is CCCCOc1cccc(CNC(=O)CN2C(=O)CSc3ccccc32)c1. The normalized spacial score (nSPS) is 13.2. The van der Waals surface area contributed by atoms with Gasteiger partial charge in [0.05, 0.1) is 18.0 Å². The minimum atomic E-state index is -0.178. The first-order valence-corrected chi connectivity index (χ1v) is 10.2. The molecular formula is C21H24N2O3S. The Kier molecular flexibility index (Phi) is 6.76. The monoisotopic (exact) mass is 384 g/mol. The summed E-state index contributed by atoms with van der Waals surface area (Å²) in [6.45, 7) is 3.26. The van der Waals surface area contributed by atoms with Gasteiger partial charge in [0.15, 0.2) is 0 Å². The van der Waals surface area contributed by atoms with Crippen LogP contribution in [0.1, 0.15) is 25.3 Å². The fraction of sp³-hybridized carbons (Fsp3) is 0.333. The lowest BCUT2D eigenvalue weighted by atomic mass is 10.2. The third-order valence-electron chi connectivity index (χ3n) is 4.26. The molecule has 3 rings (SSSR count). The van der Waals surface area contributed by atoms with E-state index in [1.165, 1.54) is 11.8 Å². The summed E-state index contributed by atoms with van der Waals surface area (Å²) >= 11 is 1.51. The van der Waals surface area contributed by atoms with Gasteiger partial charge in [-0.05, 0) is 36.2 Å². The van der Waals surface area contributed by atoms with Crippen LogP contribution in [0.3, 0.4) is 0 Å². The Bertz CT molecular complexity index is 810. The topological polar surface area (TPSA) is 58.6 Å². The lowest BCUT2D eigenvalue weighted by Crippen LogP contribution is -2.43. The predicted octanol–water partition coefficient (Wildman–Crippen LogP) is 3.62. The van der Waals surface area contributed by atoms with E-state index in [4.69, 9.17) is 4.74 Å². The second-order valence-corrected chi connectivity index (χ2v) is 7.38. The van der Waals surface area contributed by atoms with Crippen molar-refractivity contribution in [3.63, 3.8) is 0 Å². The average Bonchev–Trinajstić information content (AvgIpc) is 2.69. The first-order chi connectivity index (χ1) is 13.2. The van der Waals surface area contributed by atoms with Crippen molar-refractivity contribution in [2.45, 2.75) is 31.2 Å². The number of thioether (sulfide) groups is 1. The maximum Gasteiger partial charge on any atom is 0.240 e. The molecule has 2 aromatic rings. The molecule has 0 spiro atoms.